The van der Waals surface area contributed by atoms with Crippen LogP contribution in [0.25, 0.3) is 49.5 Å². The van der Waals surface area contributed by atoms with Gasteiger partial charge in [0.05, 0.1) is 16.4 Å². The van der Waals surface area contributed by atoms with Gasteiger partial charge in [0.15, 0.2) is 6.20 Å². The Morgan fingerprint density at radius 1 is 0.719 bits per heavy atom. The molecule has 0 fully saturated rings. The van der Waals surface area contributed by atoms with E-state index >= 15 is 0 Å². The highest BCUT2D eigenvalue weighted by atomic mass is 19.1. The van der Waals surface area contributed by atoms with E-state index in [2.05, 4.69) is 83.9 Å². The maximum Gasteiger partial charge on any atom is 0.214 e. The number of para-hydroxylation sites is 1. The van der Waals surface area contributed by atoms with Gasteiger partial charge in [-0.25, -0.2) is 8.96 Å². The molecule has 0 aliphatic carbocycles. The Hall–Kier alpha value is -3.98. The summed E-state index contributed by atoms with van der Waals surface area (Å²) in [6, 6.07) is 30.5. The van der Waals surface area contributed by atoms with Crippen molar-refractivity contribution in [3.05, 3.63) is 109 Å². The summed E-state index contributed by atoms with van der Waals surface area (Å²) in [4.78, 5) is 0. The molecule has 0 radical (unpaired) electrons. The van der Waals surface area contributed by atoms with Crippen LogP contribution in [0.15, 0.2) is 97.2 Å². The van der Waals surface area contributed by atoms with Gasteiger partial charge in [-0.1, -0.05) is 48.5 Å². The Balaban J connectivity index is 1.72. The van der Waals surface area contributed by atoms with E-state index in [4.69, 9.17) is 0 Å². The molecule has 6 aromatic rings. The number of hydrogen-bond donors (Lipinski definition) is 0. The summed E-state index contributed by atoms with van der Waals surface area (Å²) < 4.78 is 18.6. The summed E-state index contributed by atoms with van der Waals surface area (Å²) in [5.41, 5.74) is 6.68. The number of pyridine rings is 1. The Morgan fingerprint density at radius 3 is 2.22 bits per heavy atom. The van der Waals surface area contributed by atoms with Gasteiger partial charge in [-0.2, -0.15) is 0 Å². The number of benzene rings is 4. The molecule has 0 saturated heterocycles. The highest BCUT2D eigenvalue weighted by Crippen LogP contribution is 2.34. The van der Waals surface area contributed by atoms with Crippen LogP contribution in [-0.4, -0.2) is 4.57 Å². The van der Waals surface area contributed by atoms with E-state index < -0.39 is 0 Å². The molecule has 2 nitrogen and oxygen atoms in total. The lowest BCUT2D eigenvalue weighted by Crippen LogP contribution is -2.30. The predicted octanol–water partition coefficient (Wildman–Crippen LogP) is 6.88. The normalized spacial score (nSPS) is 11.6. The molecular weight excluding hydrogens is 395 g/mol. The molecule has 0 atom stereocenters. The Bertz CT molecular complexity index is 1650. The molecule has 2 heterocycles. The monoisotopic (exact) mass is 417 g/mol. The maximum absolute atomic E-state index is 14.2. The molecule has 3 heteroatoms. The third-order valence-electron chi connectivity index (χ3n) is 6.37. The topological polar surface area (TPSA) is 8.81 Å². The largest absolute Gasteiger partial charge is 0.309 e. The van der Waals surface area contributed by atoms with E-state index in [1.807, 2.05) is 24.3 Å². The van der Waals surface area contributed by atoms with Crippen molar-refractivity contribution in [2.24, 2.45) is 7.05 Å². The Labute approximate surface area is 185 Å². The van der Waals surface area contributed by atoms with Crippen LogP contribution in [0.1, 0.15) is 5.56 Å². The zero-order valence-corrected chi connectivity index (χ0v) is 18.0. The van der Waals surface area contributed by atoms with Crippen LogP contribution in [0, 0.1) is 12.7 Å². The van der Waals surface area contributed by atoms with Crippen molar-refractivity contribution in [1.82, 2.24) is 4.57 Å². The van der Waals surface area contributed by atoms with E-state index in [0.29, 0.717) is 0 Å². The van der Waals surface area contributed by atoms with E-state index in [1.165, 1.54) is 28.0 Å². The van der Waals surface area contributed by atoms with Crippen LogP contribution in [0.2, 0.25) is 0 Å². The van der Waals surface area contributed by atoms with Gasteiger partial charge in [-0.05, 0) is 59.7 Å². The van der Waals surface area contributed by atoms with E-state index in [0.717, 1.165) is 33.2 Å². The van der Waals surface area contributed by atoms with Crippen LogP contribution in [0.5, 0.6) is 0 Å². The minimum Gasteiger partial charge on any atom is -0.309 e. The Morgan fingerprint density at radius 2 is 1.44 bits per heavy atom. The first-order valence-electron chi connectivity index (χ1n) is 10.8. The molecule has 0 saturated carbocycles. The summed E-state index contributed by atoms with van der Waals surface area (Å²) >= 11 is 0. The number of nitrogens with zero attached hydrogens (tertiary/aromatic N) is 2. The quantitative estimate of drug-likeness (QED) is 0.272. The average Bonchev–Trinajstić information content (AvgIpc) is 3.11. The first-order chi connectivity index (χ1) is 15.6. The number of aromatic nitrogens is 2. The number of hydrogen-bond acceptors (Lipinski definition) is 0. The fraction of sp³-hybridized carbons (Fsp3) is 0.0690. The molecule has 2 aromatic heterocycles. The minimum atomic E-state index is -0.221. The fourth-order valence-electron chi connectivity index (χ4n) is 4.83. The van der Waals surface area contributed by atoms with Crippen LogP contribution < -0.4 is 4.57 Å². The van der Waals surface area contributed by atoms with E-state index in [-0.39, 0.29) is 5.82 Å². The number of aryl methyl sites for hydroxylation is 2. The van der Waals surface area contributed by atoms with Crippen molar-refractivity contribution >= 4 is 32.6 Å². The summed E-state index contributed by atoms with van der Waals surface area (Å²) in [6.45, 7) is 2.16. The highest BCUT2D eigenvalue weighted by molar-refractivity contribution is 6.09. The maximum atomic E-state index is 14.2. The standard InChI is InChI=1S/C29H22FN2/c1-19-14-20-8-6-7-9-21(20)15-24(19)28-17-29-26(18-31(28)2)25-16-22(30)12-13-27(25)32(29)23-10-4-3-5-11-23/h3-18H,1-2H3/q+1. The zero-order valence-electron chi connectivity index (χ0n) is 18.0. The fourth-order valence-corrected chi connectivity index (χ4v) is 4.83. The molecule has 4 aromatic carbocycles. The van der Waals surface area contributed by atoms with Crippen molar-refractivity contribution < 1.29 is 8.96 Å². The lowest BCUT2D eigenvalue weighted by atomic mass is 9.98. The molecule has 6 rings (SSSR count). The lowest BCUT2D eigenvalue weighted by molar-refractivity contribution is -0.659. The lowest BCUT2D eigenvalue weighted by Gasteiger charge is -2.10. The van der Waals surface area contributed by atoms with Gasteiger partial charge in [-0.15, -0.1) is 0 Å². The van der Waals surface area contributed by atoms with Crippen LogP contribution >= 0.6 is 0 Å². The van der Waals surface area contributed by atoms with E-state index in [1.54, 1.807) is 6.07 Å². The zero-order chi connectivity index (χ0) is 21.8. The summed E-state index contributed by atoms with van der Waals surface area (Å²) in [5.74, 6) is -0.221. The van der Waals surface area contributed by atoms with Crippen LogP contribution in [0.4, 0.5) is 4.39 Å². The summed E-state index contributed by atoms with van der Waals surface area (Å²) in [6.07, 6.45) is 2.13. The second-order valence-electron chi connectivity index (χ2n) is 8.42. The molecule has 0 amide bonds. The molecule has 0 N–H and O–H groups in total. The van der Waals surface area contributed by atoms with Gasteiger partial charge in [0, 0.05) is 22.7 Å². The van der Waals surface area contributed by atoms with Crippen LogP contribution in [0.3, 0.4) is 0 Å². The number of rotatable bonds is 2. The average molecular weight is 418 g/mol. The van der Waals surface area contributed by atoms with Crippen molar-refractivity contribution in [3.8, 4) is 16.9 Å². The third-order valence-corrected chi connectivity index (χ3v) is 6.37. The summed E-state index contributed by atoms with van der Waals surface area (Å²) in [7, 11) is 2.06. The van der Waals surface area contributed by atoms with Gasteiger partial charge in [0.2, 0.25) is 5.69 Å². The van der Waals surface area contributed by atoms with Gasteiger partial charge in [0.25, 0.3) is 0 Å². The number of halogens is 1. The molecule has 0 aliphatic heterocycles. The van der Waals surface area contributed by atoms with Gasteiger partial charge in [-0.3, -0.25) is 0 Å². The molecule has 0 unspecified atom stereocenters. The third kappa shape index (κ3) is 2.82. The second kappa shape index (κ2) is 7.03. The van der Waals surface area contributed by atoms with Crippen molar-refractivity contribution in [3.63, 3.8) is 0 Å². The number of fused-ring (bicyclic) bond motifs is 4. The van der Waals surface area contributed by atoms with E-state index in [9.17, 15) is 4.39 Å². The Kier molecular flexibility index (Phi) is 4.12. The molecular formula is C29H22FN2+. The molecule has 32 heavy (non-hydrogen) atoms. The van der Waals surface area contributed by atoms with Crippen molar-refractivity contribution in [2.75, 3.05) is 0 Å². The van der Waals surface area contributed by atoms with Crippen molar-refractivity contribution in [1.29, 1.82) is 0 Å². The van der Waals surface area contributed by atoms with Crippen molar-refractivity contribution in [2.45, 2.75) is 6.92 Å². The second-order valence-corrected chi connectivity index (χ2v) is 8.42. The van der Waals surface area contributed by atoms with Crippen LogP contribution in [-0.2, 0) is 7.05 Å². The first-order valence-corrected chi connectivity index (χ1v) is 10.8. The van der Waals surface area contributed by atoms with Gasteiger partial charge >= 0.3 is 0 Å². The molecule has 0 spiro atoms. The first kappa shape index (κ1) is 18.8. The van der Waals surface area contributed by atoms with Gasteiger partial charge < -0.3 is 4.57 Å². The molecule has 154 valence electrons. The molecule has 0 aliphatic rings. The van der Waals surface area contributed by atoms with Gasteiger partial charge in [0.1, 0.15) is 12.9 Å². The predicted molar refractivity (Wildman–Crippen MR) is 130 cm³/mol. The highest BCUT2D eigenvalue weighted by Gasteiger charge is 2.21. The minimum absolute atomic E-state index is 0.221. The molecule has 0 bridgehead atoms. The smallest absolute Gasteiger partial charge is 0.214 e. The SMILES string of the molecule is Cc1cc2ccccc2cc1-c1cc2c(c[n+]1C)c1cc(F)ccc1n2-c1ccccc1. The summed E-state index contributed by atoms with van der Waals surface area (Å²) in [5, 5.41) is 4.42.